The minimum atomic E-state index is -4.63. The molecule has 0 aliphatic carbocycles. The predicted molar refractivity (Wildman–Crippen MR) is 115 cm³/mol. The smallest absolute Gasteiger partial charge is 0.331 e. The Hall–Kier alpha value is -3.42. The molecule has 0 bridgehead atoms. The minimum Gasteiger partial charge on any atom is -0.331 e. The summed E-state index contributed by atoms with van der Waals surface area (Å²) in [5.41, 5.74) is 2.29. The summed E-state index contributed by atoms with van der Waals surface area (Å²) in [7, 11) is 0. The van der Waals surface area contributed by atoms with E-state index in [2.05, 4.69) is 9.84 Å². The number of aromatic nitrogens is 2. The number of hydrogen-bond donors (Lipinski definition) is 0. The molecule has 0 saturated heterocycles. The monoisotopic (exact) mass is 492 g/mol. The lowest BCUT2D eigenvalue weighted by molar-refractivity contribution is -0.303. The van der Waals surface area contributed by atoms with Crippen molar-refractivity contribution in [3.63, 3.8) is 0 Å². The largest absolute Gasteiger partial charge is 0.416 e. The number of halogens is 5. The van der Waals surface area contributed by atoms with Crippen molar-refractivity contribution in [1.29, 1.82) is 5.26 Å². The van der Waals surface area contributed by atoms with Gasteiger partial charge in [0.15, 0.2) is 0 Å². The van der Waals surface area contributed by atoms with Crippen LogP contribution in [0.3, 0.4) is 0 Å². The molecule has 1 aromatic heterocycles. The van der Waals surface area contributed by atoms with Gasteiger partial charge in [-0.2, -0.15) is 19.1 Å². The molecule has 11 heteroatoms. The average Bonchev–Trinajstić information content (AvgIpc) is 3.27. The molecule has 34 heavy (non-hydrogen) atoms. The number of carbonyl (C=O) groups is 1. The van der Waals surface area contributed by atoms with Crippen LogP contribution in [0.5, 0.6) is 0 Å². The van der Waals surface area contributed by atoms with Crippen LogP contribution in [0.1, 0.15) is 27.7 Å². The molecule has 0 radical (unpaired) electrons. The van der Waals surface area contributed by atoms with Crippen LogP contribution < -0.4 is 0 Å². The van der Waals surface area contributed by atoms with Crippen molar-refractivity contribution in [1.82, 2.24) is 14.7 Å². The third-order valence-electron chi connectivity index (χ3n) is 5.34. The van der Waals surface area contributed by atoms with Gasteiger partial charge in [-0.05, 0) is 35.9 Å². The molecule has 6 nitrogen and oxygen atoms in total. The molecule has 1 aliphatic heterocycles. The molecule has 0 saturated carbocycles. The lowest BCUT2D eigenvalue weighted by Crippen LogP contribution is -2.45. The normalized spacial score (nSPS) is 16.0. The van der Waals surface area contributed by atoms with Gasteiger partial charge >= 0.3 is 12.5 Å². The van der Waals surface area contributed by atoms with Gasteiger partial charge in [0.25, 0.3) is 5.91 Å². The molecule has 0 N–H and O–H groups in total. The summed E-state index contributed by atoms with van der Waals surface area (Å²) in [6, 6.07) is 15.8. The molecule has 1 aliphatic rings. The minimum absolute atomic E-state index is 0.0904. The first-order chi connectivity index (χ1) is 16.2. The maximum absolute atomic E-state index is 13.5. The molecule has 1 unspecified atom stereocenters. The highest BCUT2D eigenvalue weighted by molar-refractivity contribution is 6.30. The Morgan fingerprint density at radius 2 is 1.85 bits per heavy atom. The van der Waals surface area contributed by atoms with E-state index in [0.29, 0.717) is 27.4 Å². The number of hydrogen-bond acceptors (Lipinski definition) is 4. The third kappa shape index (κ3) is 4.90. The Kier molecular flexibility index (Phi) is 6.59. The quantitative estimate of drug-likeness (QED) is 0.428. The number of ether oxygens (including phenoxy) is 1. The van der Waals surface area contributed by atoms with Crippen LogP contribution in [-0.2, 0) is 11.3 Å². The van der Waals surface area contributed by atoms with E-state index in [9.17, 15) is 22.4 Å². The fraction of sp³-hybridized carbons (Fsp3) is 0.261. The number of nitriles is 1. The Balaban J connectivity index is 1.65. The van der Waals surface area contributed by atoms with Crippen LogP contribution in [0.2, 0.25) is 5.02 Å². The fourth-order valence-corrected chi connectivity index (χ4v) is 3.73. The van der Waals surface area contributed by atoms with Gasteiger partial charge in [-0.15, -0.1) is 0 Å². The van der Waals surface area contributed by atoms with Crippen LogP contribution in [0.25, 0.3) is 11.3 Å². The summed E-state index contributed by atoms with van der Waals surface area (Å²) in [6.45, 7) is -0.760. The summed E-state index contributed by atoms with van der Waals surface area (Å²) in [6.07, 6.45) is -8.62. The van der Waals surface area contributed by atoms with Crippen LogP contribution in [0.15, 0.2) is 54.6 Å². The van der Waals surface area contributed by atoms with Crippen molar-refractivity contribution in [3.05, 3.63) is 76.4 Å². The summed E-state index contributed by atoms with van der Waals surface area (Å²) >= 11 is 5.92. The maximum atomic E-state index is 13.5. The van der Waals surface area contributed by atoms with Crippen LogP contribution in [-0.4, -0.2) is 46.3 Å². The van der Waals surface area contributed by atoms with Gasteiger partial charge in [0.2, 0.25) is 0 Å². The zero-order chi connectivity index (χ0) is 24.5. The average molecular weight is 493 g/mol. The van der Waals surface area contributed by atoms with E-state index in [4.69, 9.17) is 16.9 Å². The number of rotatable bonds is 7. The van der Waals surface area contributed by atoms with Gasteiger partial charge < -0.3 is 9.64 Å². The number of carbonyl (C=O) groups excluding carboxylic acids is 1. The summed E-state index contributed by atoms with van der Waals surface area (Å²) in [5.74, 6) is -0.408. The van der Waals surface area contributed by atoms with Gasteiger partial charge in [-0.3, -0.25) is 9.48 Å². The number of nitrogens with zero attached hydrogens (tertiary/aromatic N) is 4. The SMILES string of the molecule is N#Cc1ccc(CN2CC(COC(F)(F)C(F)F)n3nc(-c4ccc(Cl)cc4)cc3C2=O)cc1. The molecule has 4 rings (SSSR count). The van der Waals surface area contributed by atoms with Gasteiger partial charge in [-0.25, -0.2) is 8.78 Å². The number of fused-ring (bicyclic) bond motifs is 1. The highest BCUT2D eigenvalue weighted by atomic mass is 35.5. The second-order valence-corrected chi connectivity index (χ2v) is 8.12. The molecule has 2 aromatic carbocycles. The second-order valence-electron chi connectivity index (χ2n) is 7.69. The highest BCUT2D eigenvalue weighted by Crippen LogP contribution is 2.31. The van der Waals surface area contributed by atoms with Gasteiger partial charge in [0, 0.05) is 23.7 Å². The highest BCUT2D eigenvalue weighted by Gasteiger charge is 2.44. The van der Waals surface area contributed by atoms with E-state index in [0.717, 1.165) is 0 Å². The number of benzene rings is 2. The Morgan fingerprint density at radius 3 is 2.47 bits per heavy atom. The van der Waals surface area contributed by atoms with E-state index in [1.807, 2.05) is 6.07 Å². The maximum Gasteiger partial charge on any atom is 0.416 e. The molecular weight excluding hydrogens is 476 g/mol. The summed E-state index contributed by atoms with van der Waals surface area (Å²) in [4.78, 5) is 14.6. The Morgan fingerprint density at radius 1 is 1.18 bits per heavy atom. The van der Waals surface area contributed by atoms with Crippen LogP contribution >= 0.6 is 11.6 Å². The molecule has 176 valence electrons. The molecule has 3 aromatic rings. The predicted octanol–water partition coefficient (Wildman–Crippen LogP) is 5.15. The van der Waals surface area contributed by atoms with E-state index in [1.54, 1.807) is 48.5 Å². The van der Waals surface area contributed by atoms with Gasteiger partial charge in [0.05, 0.1) is 30.0 Å². The van der Waals surface area contributed by atoms with Crippen molar-refractivity contribution >= 4 is 17.5 Å². The van der Waals surface area contributed by atoms with E-state index in [-0.39, 0.29) is 18.8 Å². The standard InChI is InChI=1S/C23H17ClF4N4O2/c24-17-7-5-16(6-8-17)19-9-20-21(33)31(11-15-3-1-14(10-29)2-4-15)12-18(32(20)30-19)13-34-23(27,28)22(25)26/h1-9,18,22H,11-13H2. The Labute approximate surface area is 196 Å². The molecular formula is C23H17ClF4N4O2. The summed E-state index contributed by atoms with van der Waals surface area (Å²) < 4.78 is 57.6. The lowest BCUT2D eigenvalue weighted by Gasteiger charge is -2.34. The first kappa shape index (κ1) is 23.7. The van der Waals surface area contributed by atoms with Crippen molar-refractivity contribution in [3.8, 4) is 17.3 Å². The first-order valence-electron chi connectivity index (χ1n) is 10.1. The number of alkyl halides is 4. The van der Waals surface area contributed by atoms with Crippen molar-refractivity contribution < 1.29 is 27.1 Å². The van der Waals surface area contributed by atoms with Crippen LogP contribution in [0, 0.1) is 11.3 Å². The van der Waals surface area contributed by atoms with Crippen molar-refractivity contribution in [2.45, 2.75) is 25.1 Å². The van der Waals surface area contributed by atoms with Crippen LogP contribution in [0.4, 0.5) is 17.6 Å². The Bertz CT molecular complexity index is 1220. The summed E-state index contributed by atoms with van der Waals surface area (Å²) in [5, 5.41) is 13.8. The van der Waals surface area contributed by atoms with Gasteiger partial charge in [-0.1, -0.05) is 35.9 Å². The topological polar surface area (TPSA) is 71.2 Å². The molecule has 2 heterocycles. The molecule has 0 spiro atoms. The fourth-order valence-electron chi connectivity index (χ4n) is 3.61. The zero-order valence-electron chi connectivity index (χ0n) is 17.5. The molecule has 1 atom stereocenters. The van der Waals surface area contributed by atoms with Gasteiger partial charge in [0.1, 0.15) is 5.69 Å². The third-order valence-corrected chi connectivity index (χ3v) is 5.59. The van der Waals surface area contributed by atoms with E-state index < -0.39 is 31.1 Å². The second kappa shape index (κ2) is 9.44. The van der Waals surface area contributed by atoms with E-state index >= 15 is 0 Å². The molecule has 0 fully saturated rings. The zero-order valence-corrected chi connectivity index (χ0v) is 18.2. The van der Waals surface area contributed by atoms with E-state index in [1.165, 1.54) is 15.6 Å². The lowest BCUT2D eigenvalue weighted by atomic mass is 10.1. The molecule has 1 amide bonds. The van der Waals surface area contributed by atoms with Crippen molar-refractivity contribution in [2.24, 2.45) is 0 Å². The van der Waals surface area contributed by atoms with Crippen molar-refractivity contribution in [2.75, 3.05) is 13.2 Å². The first-order valence-corrected chi connectivity index (χ1v) is 10.5. The number of amides is 1.